The molecule has 0 fully saturated rings. The minimum absolute atomic E-state index is 0.0498. The smallest absolute Gasteiger partial charge is 0.507 e. The van der Waals surface area contributed by atoms with E-state index in [0.29, 0.717) is 0 Å². The molecule has 0 amide bonds. The molecule has 116 valence electrons. The van der Waals surface area contributed by atoms with Crippen molar-refractivity contribution >= 4 is 5.97 Å². The lowest BCUT2D eigenvalue weighted by Crippen LogP contribution is -2.17. The Labute approximate surface area is 123 Å². The van der Waals surface area contributed by atoms with Gasteiger partial charge in [0.1, 0.15) is 11.5 Å². The van der Waals surface area contributed by atoms with Crippen molar-refractivity contribution in [1.82, 2.24) is 0 Å². The molecule has 0 atom stereocenters. The maximum atomic E-state index is 12.4. The fourth-order valence-corrected chi connectivity index (χ4v) is 1.91. The van der Waals surface area contributed by atoms with E-state index in [-0.39, 0.29) is 22.4 Å². The normalized spacial score (nSPS) is 11.1. The van der Waals surface area contributed by atoms with Crippen LogP contribution in [0, 0.1) is 0 Å². The Kier molecular flexibility index (Phi) is 4.25. The van der Waals surface area contributed by atoms with Crippen molar-refractivity contribution in [2.75, 3.05) is 7.11 Å². The number of carbonyl (C=O) groups is 1. The summed E-state index contributed by atoms with van der Waals surface area (Å²) >= 11 is 0. The number of esters is 1. The van der Waals surface area contributed by atoms with Crippen LogP contribution in [0.3, 0.4) is 0 Å². The Morgan fingerprint density at radius 2 is 1.77 bits per heavy atom. The van der Waals surface area contributed by atoms with Gasteiger partial charge in [-0.15, -0.1) is 13.2 Å². The molecule has 0 aliphatic rings. The van der Waals surface area contributed by atoms with Gasteiger partial charge in [-0.2, -0.15) is 0 Å². The number of hydrogen-bond donors (Lipinski definition) is 1. The summed E-state index contributed by atoms with van der Waals surface area (Å²) in [5.74, 6) is -1.47. The second kappa shape index (κ2) is 5.97. The van der Waals surface area contributed by atoms with Gasteiger partial charge in [0.2, 0.25) is 0 Å². The summed E-state index contributed by atoms with van der Waals surface area (Å²) < 4.78 is 45.7. The molecule has 0 aromatic heterocycles. The molecule has 4 nitrogen and oxygen atoms in total. The second-order valence-electron chi connectivity index (χ2n) is 4.27. The van der Waals surface area contributed by atoms with Crippen LogP contribution in [0.1, 0.15) is 10.4 Å². The molecule has 0 aliphatic carbocycles. The summed E-state index contributed by atoms with van der Waals surface area (Å²) in [6.07, 6.45) is -4.85. The molecular weight excluding hydrogens is 301 g/mol. The van der Waals surface area contributed by atoms with Crippen molar-refractivity contribution in [2.24, 2.45) is 0 Å². The fraction of sp³-hybridized carbons (Fsp3) is 0.133. The van der Waals surface area contributed by atoms with Crippen LogP contribution in [0.15, 0.2) is 42.5 Å². The number of methoxy groups -OCH3 is 1. The topological polar surface area (TPSA) is 55.8 Å². The van der Waals surface area contributed by atoms with Gasteiger partial charge in [-0.25, -0.2) is 4.79 Å². The first-order valence-electron chi connectivity index (χ1n) is 6.08. The monoisotopic (exact) mass is 312 g/mol. The largest absolute Gasteiger partial charge is 0.573 e. The lowest BCUT2D eigenvalue weighted by molar-refractivity contribution is -0.274. The minimum atomic E-state index is -4.85. The lowest BCUT2D eigenvalue weighted by Gasteiger charge is -2.14. The predicted molar refractivity (Wildman–Crippen MR) is 71.6 cm³/mol. The van der Waals surface area contributed by atoms with Crippen molar-refractivity contribution < 1.29 is 32.5 Å². The molecule has 0 bridgehead atoms. The van der Waals surface area contributed by atoms with Gasteiger partial charge >= 0.3 is 12.3 Å². The Balaban J connectivity index is 2.47. The summed E-state index contributed by atoms with van der Waals surface area (Å²) in [5.41, 5.74) is 0.235. The number of para-hydroxylation sites is 1. The molecule has 0 radical (unpaired) electrons. The third-order valence-corrected chi connectivity index (χ3v) is 2.82. The van der Waals surface area contributed by atoms with Crippen LogP contribution < -0.4 is 4.74 Å². The number of aromatic hydroxyl groups is 1. The number of phenols is 1. The van der Waals surface area contributed by atoms with Crippen LogP contribution in [0.2, 0.25) is 0 Å². The Morgan fingerprint density at radius 3 is 2.36 bits per heavy atom. The maximum Gasteiger partial charge on any atom is 0.573 e. The number of benzene rings is 2. The molecule has 2 aromatic rings. The molecule has 22 heavy (non-hydrogen) atoms. The van der Waals surface area contributed by atoms with Gasteiger partial charge in [-0.3, -0.25) is 0 Å². The summed E-state index contributed by atoms with van der Waals surface area (Å²) in [5, 5.41) is 9.97. The average Bonchev–Trinajstić information content (AvgIpc) is 2.45. The first-order valence-corrected chi connectivity index (χ1v) is 6.08. The number of alkyl halides is 3. The third-order valence-electron chi connectivity index (χ3n) is 2.82. The predicted octanol–water partition coefficient (Wildman–Crippen LogP) is 3.74. The minimum Gasteiger partial charge on any atom is -0.507 e. The van der Waals surface area contributed by atoms with Gasteiger partial charge in [0, 0.05) is 11.1 Å². The average molecular weight is 312 g/mol. The van der Waals surface area contributed by atoms with Crippen molar-refractivity contribution in [1.29, 1.82) is 0 Å². The zero-order valence-corrected chi connectivity index (χ0v) is 11.3. The van der Waals surface area contributed by atoms with E-state index >= 15 is 0 Å². The van der Waals surface area contributed by atoms with E-state index in [1.165, 1.54) is 37.4 Å². The standard InChI is InChI=1S/C15H11F3O4/c1-21-14(20)9-6-7-10(12(19)8-9)11-4-2-3-5-13(11)22-15(16,17)18/h2-8,19H,1H3. The number of rotatable bonds is 3. The highest BCUT2D eigenvalue weighted by Gasteiger charge is 2.32. The third kappa shape index (κ3) is 3.49. The van der Waals surface area contributed by atoms with Gasteiger partial charge in [0.05, 0.1) is 12.7 Å². The van der Waals surface area contributed by atoms with E-state index in [1.807, 2.05) is 0 Å². The van der Waals surface area contributed by atoms with Gasteiger partial charge in [-0.05, 0) is 24.3 Å². The second-order valence-corrected chi connectivity index (χ2v) is 4.27. The van der Waals surface area contributed by atoms with Crippen LogP contribution in [0.4, 0.5) is 13.2 Å². The number of ether oxygens (including phenoxy) is 2. The van der Waals surface area contributed by atoms with Gasteiger partial charge < -0.3 is 14.6 Å². The molecule has 1 N–H and O–H groups in total. The molecule has 0 saturated heterocycles. The molecule has 0 heterocycles. The summed E-state index contributed by atoms with van der Waals surface area (Å²) in [4.78, 5) is 11.4. The highest BCUT2D eigenvalue weighted by atomic mass is 19.4. The quantitative estimate of drug-likeness (QED) is 0.877. The van der Waals surface area contributed by atoms with E-state index in [4.69, 9.17) is 0 Å². The Bertz CT molecular complexity index is 695. The molecule has 0 aliphatic heterocycles. The van der Waals surface area contributed by atoms with Crippen molar-refractivity contribution in [3.8, 4) is 22.6 Å². The van der Waals surface area contributed by atoms with Gasteiger partial charge in [0.15, 0.2) is 0 Å². The van der Waals surface area contributed by atoms with E-state index in [1.54, 1.807) is 0 Å². The summed E-state index contributed by atoms with van der Waals surface area (Å²) in [6.45, 7) is 0. The Hall–Kier alpha value is -2.70. The van der Waals surface area contributed by atoms with E-state index in [0.717, 1.165) is 12.1 Å². The highest BCUT2D eigenvalue weighted by molar-refractivity contribution is 5.91. The maximum absolute atomic E-state index is 12.4. The van der Waals surface area contributed by atoms with Gasteiger partial charge in [-0.1, -0.05) is 18.2 Å². The zero-order chi connectivity index (χ0) is 16.3. The molecule has 0 spiro atoms. The molecule has 0 saturated carbocycles. The van der Waals surface area contributed by atoms with Crippen molar-refractivity contribution in [2.45, 2.75) is 6.36 Å². The van der Waals surface area contributed by atoms with Crippen LogP contribution in [-0.2, 0) is 4.74 Å². The molecule has 0 unspecified atom stereocenters. The number of phenolic OH excluding ortho intramolecular Hbond substituents is 1. The van der Waals surface area contributed by atoms with Gasteiger partial charge in [0.25, 0.3) is 0 Å². The first-order chi connectivity index (χ1) is 10.3. The van der Waals surface area contributed by atoms with Crippen LogP contribution in [0.25, 0.3) is 11.1 Å². The SMILES string of the molecule is COC(=O)c1ccc(-c2ccccc2OC(F)(F)F)c(O)c1. The fourth-order valence-electron chi connectivity index (χ4n) is 1.91. The molecule has 2 rings (SSSR count). The molecular formula is C15H11F3O4. The number of carbonyl (C=O) groups excluding carboxylic acids is 1. The molecule has 2 aromatic carbocycles. The van der Waals surface area contributed by atoms with Crippen LogP contribution in [-0.4, -0.2) is 24.5 Å². The zero-order valence-electron chi connectivity index (χ0n) is 11.3. The van der Waals surface area contributed by atoms with Crippen LogP contribution >= 0.6 is 0 Å². The lowest BCUT2D eigenvalue weighted by atomic mass is 10.0. The Morgan fingerprint density at radius 1 is 1.09 bits per heavy atom. The van der Waals surface area contributed by atoms with Crippen molar-refractivity contribution in [3.63, 3.8) is 0 Å². The van der Waals surface area contributed by atoms with E-state index in [9.17, 15) is 23.1 Å². The summed E-state index contributed by atoms with van der Waals surface area (Å²) in [7, 11) is 1.18. The van der Waals surface area contributed by atoms with E-state index < -0.39 is 18.1 Å². The number of hydrogen-bond acceptors (Lipinski definition) is 4. The van der Waals surface area contributed by atoms with Crippen LogP contribution in [0.5, 0.6) is 11.5 Å². The molecule has 7 heteroatoms. The van der Waals surface area contributed by atoms with Crippen molar-refractivity contribution in [3.05, 3.63) is 48.0 Å². The number of halogens is 3. The van der Waals surface area contributed by atoms with E-state index in [2.05, 4.69) is 9.47 Å². The highest BCUT2D eigenvalue weighted by Crippen LogP contribution is 2.38. The first kappa shape index (κ1) is 15.7. The summed E-state index contributed by atoms with van der Waals surface area (Å²) in [6, 6.07) is 9.16.